The summed E-state index contributed by atoms with van der Waals surface area (Å²) in [6, 6.07) is 9.84. The number of anilines is 1. The molecule has 5 heteroatoms. The third kappa shape index (κ3) is 3.06. The summed E-state index contributed by atoms with van der Waals surface area (Å²) in [5.41, 5.74) is 1.80. The number of thiophene rings is 1. The van der Waals surface area contributed by atoms with Gasteiger partial charge < -0.3 is 10.2 Å². The van der Waals surface area contributed by atoms with Gasteiger partial charge in [0.1, 0.15) is 0 Å². The maximum Gasteiger partial charge on any atom is 0.322 e. The van der Waals surface area contributed by atoms with E-state index in [0.717, 1.165) is 30.6 Å². The lowest BCUT2D eigenvalue weighted by Crippen LogP contribution is -2.34. The SMILES string of the molecule is Cc1ccc(Cl)cc1NC(=O)N1CCCC1c1cccs1. The van der Waals surface area contributed by atoms with Gasteiger partial charge in [0.25, 0.3) is 0 Å². The Bertz CT molecular complexity index is 642. The molecular weight excluding hydrogens is 304 g/mol. The van der Waals surface area contributed by atoms with E-state index < -0.39 is 0 Å². The molecule has 1 fully saturated rings. The fourth-order valence-corrected chi connectivity index (χ4v) is 3.75. The summed E-state index contributed by atoms with van der Waals surface area (Å²) in [7, 11) is 0. The van der Waals surface area contributed by atoms with Crippen molar-refractivity contribution in [1.82, 2.24) is 4.90 Å². The van der Waals surface area contributed by atoms with Crippen LogP contribution in [0, 0.1) is 6.92 Å². The standard InChI is InChI=1S/C16H17ClN2OS/c1-11-6-7-12(17)10-13(11)18-16(20)19-8-2-4-14(19)15-5-3-9-21-15/h3,5-7,9-10,14H,2,4,8H2,1H3,(H,18,20). The van der Waals surface area contributed by atoms with E-state index in [4.69, 9.17) is 11.6 Å². The molecule has 2 amide bonds. The van der Waals surface area contributed by atoms with Crippen molar-refractivity contribution in [3.63, 3.8) is 0 Å². The average molecular weight is 321 g/mol. The van der Waals surface area contributed by atoms with Gasteiger partial charge >= 0.3 is 6.03 Å². The first-order chi connectivity index (χ1) is 10.1. The van der Waals surface area contributed by atoms with E-state index in [2.05, 4.69) is 16.8 Å². The van der Waals surface area contributed by atoms with E-state index in [1.165, 1.54) is 4.88 Å². The molecule has 0 aliphatic carbocycles. The lowest BCUT2D eigenvalue weighted by Gasteiger charge is -2.24. The van der Waals surface area contributed by atoms with Crippen LogP contribution in [0.25, 0.3) is 0 Å². The van der Waals surface area contributed by atoms with Crippen LogP contribution in [0.4, 0.5) is 10.5 Å². The summed E-state index contributed by atoms with van der Waals surface area (Å²) in [6.07, 6.45) is 2.08. The van der Waals surface area contributed by atoms with E-state index in [-0.39, 0.29) is 12.1 Å². The molecule has 2 aromatic rings. The Kier molecular flexibility index (Phi) is 4.17. The van der Waals surface area contributed by atoms with Crippen molar-refractivity contribution in [3.8, 4) is 0 Å². The first-order valence-electron chi connectivity index (χ1n) is 7.02. The van der Waals surface area contributed by atoms with Gasteiger partial charge in [-0.2, -0.15) is 0 Å². The molecule has 1 unspecified atom stereocenters. The number of nitrogens with one attached hydrogen (secondary N) is 1. The molecule has 110 valence electrons. The number of urea groups is 1. The topological polar surface area (TPSA) is 32.3 Å². The second kappa shape index (κ2) is 6.08. The zero-order valence-electron chi connectivity index (χ0n) is 11.8. The van der Waals surface area contributed by atoms with Crippen molar-refractivity contribution in [2.75, 3.05) is 11.9 Å². The molecule has 21 heavy (non-hydrogen) atoms. The number of amides is 2. The first-order valence-corrected chi connectivity index (χ1v) is 8.28. The predicted molar refractivity (Wildman–Crippen MR) is 88.2 cm³/mol. The minimum absolute atomic E-state index is 0.0451. The van der Waals surface area contributed by atoms with Crippen LogP contribution in [0.15, 0.2) is 35.7 Å². The maximum atomic E-state index is 12.6. The smallest absolute Gasteiger partial charge is 0.317 e. The number of halogens is 1. The molecule has 3 rings (SSSR count). The first kappa shape index (κ1) is 14.4. The second-order valence-electron chi connectivity index (χ2n) is 5.26. The van der Waals surface area contributed by atoms with Crippen molar-refractivity contribution in [3.05, 3.63) is 51.2 Å². The van der Waals surface area contributed by atoms with Crippen LogP contribution < -0.4 is 5.32 Å². The molecule has 3 nitrogen and oxygen atoms in total. The van der Waals surface area contributed by atoms with Crippen LogP contribution in [0.2, 0.25) is 5.02 Å². The molecule has 1 aromatic carbocycles. The van der Waals surface area contributed by atoms with Crippen molar-refractivity contribution in [2.24, 2.45) is 0 Å². The van der Waals surface area contributed by atoms with E-state index in [0.29, 0.717) is 5.02 Å². The fourth-order valence-electron chi connectivity index (χ4n) is 2.70. The molecule has 1 aromatic heterocycles. The summed E-state index contributed by atoms with van der Waals surface area (Å²) >= 11 is 7.72. The lowest BCUT2D eigenvalue weighted by molar-refractivity contribution is 0.208. The van der Waals surface area contributed by atoms with Gasteiger partial charge in [0, 0.05) is 22.1 Å². The van der Waals surface area contributed by atoms with Gasteiger partial charge in [-0.15, -0.1) is 11.3 Å². The summed E-state index contributed by atoms with van der Waals surface area (Å²) in [5.74, 6) is 0. The number of benzene rings is 1. The van der Waals surface area contributed by atoms with E-state index >= 15 is 0 Å². The van der Waals surface area contributed by atoms with E-state index in [9.17, 15) is 4.79 Å². The normalized spacial score (nSPS) is 18.0. The highest BCUT2D eigenvalue weighted by Gasteiger charge is 2.30. The van der Waals surface area contributed by atoms with Gasteiger partial charge in [0.2, 0.25) is 0 Å². The molecule has 1 aliphatic rings. The van der Waals surface area contributed by atoms with Gasteiger partial charge in [0.15, 0.2) is 0 Å². The summed E-state index contributed by atoms with van der Waals surface area (Å²) in [6.45, 7) is 2.76. The molecule has 1 atom stereocenters. The largest absolute Gasteiger partial charge is 0.322 e. The highest BCUT2D eigenvalue weighted by atomic mass is 35.5. The van der Waals surface area contributed by atoms with Gasteiger partial charge in [-0.1, -0.05) is 23.7 Å². The average Bonchev–Trinajstić information content (AvgIpc) is 3.12. The van der Waals surface area contributed by atoms with Crippen LogP contribution in [0.1, 0.15) is 29.3 Å². The number of aryl methyl sites for hydroxylation is 1. The Hall–Kier alpha value is -1.52. The number of rotatable bonds is 2. The number of carbonyl (C=O) groups is 1. The number of hydrogen-bond acceptors (Lipinski definition) is 2. The van der Waals surface area contributed by atoms with Crippen molar-refractivity contribution >= 4 is 34.7 Å². The molecule has 2 heterocycles. The zero-order valence-corrected chi connectivity index (χ0v) is 13.4. The quantitative estimate of drug-likeness (QED) is 0.822. The zero-order chi connectivity index (χ0) is 14.8. The predicted octanol–water partition coefficient (Wildman–Crippen LogP) is 5.08. The Morgan fingerprint density at radius 1 is 1.43 bits per heavy atom. The molecule has 1 saturated heterocycles. The highest BCUT2D eigenvalue weighted by molar-refractivity contribution is 7.10. The Labute approximate surface area is 133 Å². The molecule has 1 aliphatic heterocycles. The van der Waals surface area contributed by atoms with Crippen LogP contribution in [-0.2, 0) is 0 Å². The molecule has 1 N–H and O–H groups in total. The van der Waals surface area contributed by atoms with Gasteiger partial charge in [-0.05, 0) is 48.9 Å². The highest BCUT2D eigenvalue weighted by Crippen LogP contribution is 2.35. The summed E-state index contributed by atoms with van der Waals surface area (Å²) < 4.78 is 0. The lowest BCUT2D eigenvalue weighted by atomic mass is 10.2. The summed E-state index contributed by atoms with van der Waals surface area (Å²) in [5, 5.41) is 5.68. The third-order valence-electron chi connectivity index (χ3n) is 3.83. The van der Waals surface area contributed by atoms with Gasteiger partial charge in [-0.25, -0.2) is 4.79 Å². The fraction of sp³-hybridized carbons (Fsp3) is 0.312. The molecule has 0 spiro atoms. The third-order valence-corrected chi connectivity index (χ3v) is 5.04. The van der Waals surface area contributed by atoms with Crippen molar-refractivity contribution in [2.45, 2.75) is 25.8 Å². The Morgan fingerprint density at radius 3 is 3.05 bits per heavy atom. The van der Waals surface area contributed by atoms with Crippen LogP contribution in [-0.4, -0.2) is 17.5 Å². The minimum atomic E-state index is -0.0451. The number of nitrogens with zero attached hydrogens (tertiary/aromatic N) is 1. The monoisotopic (exact) mass is 320 g/mol. The maximum absolute atomic E-state index is 12.6. The van der Waals surface area contributed by atoms with Crippen LogP contribution in [0.3, 0.4) is 0 Å². The van der Waals surface area contributed by atoms with Crippen LogP contribution >= 0.6 is 22.9 Å². The van der Waals surface area contributed by atoms with Crippen LogP contribution in [0.5, 0.6) is 0 Å². The van der Waals surface area contributed by atoms with Crippen molar-refractivity contribution in [1.29, 1.82) is 0 Å². The number of carbonyl (C=O) groups excluding carboxylic acids is 1. The molecule has 0 bridgehead atoms. The van der Waals surface area contributed by atoms with Gasteiger partial charge in [0.05, 0.1) is 6.04 Å². The number of likely N-dealkylation sites (tertiary alicyclic amines) is 1. The van der Waals surface area contributed by atoms with E-state index in [1.807, 2.05) is 30.0 Å². The Morgan fingerprint density at radius 2 is 2.29 bits per heavy atom. The van der Waals surface area contributed by atoms with Gasteiger partial charge in [-0.3, -0.25) is 0 Å². The Balaban J connectivity index is 1.77. The molecule has 0 saturated carbocycles. The van der Waals surface area contributed by atoms with E-state index in [1.54, 1.807) is 17.4 Å². The molecule has 0 radical (unpaired) electrons. The minimum Gasteiger partial charge on any atom is -0.317 e. The summed E-state index contributed by atoms with van der Waals surface area (Å²) in [4.78, 5) is 15.7. The number of hydrogen-bond donors (Lipinski definition) is 1. The second-order valence-corrected chi connectivity index (χ2v) is 6.67. The molecular formula is C16H17ClN2OS. The van der Waals surface area contributed by atoms with Crippen molar-refractivity contribution < 1.29 is 4.79 Å².